The van der Waals surface area contributed by atoms with E-state index in [1.165, 1.54) is 105 Å². The normalized spacial score (nSPS) is 15.0. The maximum atomic E-state index is 2.64. The number of anilines is 9. The number of benzene rings is 7. The number of nitrogens with zero attached hydrogens (tertiary/aromatic N) is 3. The smallest absolute Gasteiger partial charge is 0.126 e. The van der Waals surface area contributed by atoms with Gasteiger partial charge in [-0.15, -0.1) is 11.3 Å². The van der Waals surface area contributed by atoms with Crippen LogP contribution >= 0.6 is 11.3 Å². The monoisotopic (exact) mass is 895 g/mol. The fraction of sp³-hybridized carbons (Fsp3) is 0.302. The second kappa shape index (κ2) is 14.5. The first kappa shape index (κ1) is 43.5. The first-order chi connectivity index (χ1) is 31.5. The zero-order chi connectivity index (χ0) is 47.3. The molecule has 7 aromatic carbocycles. The molecule has 3 nitrogen and oxygen atoms in total. The summed E-state index contributed by atoms with van der Waals surface area (Å²) in [5.41, 5.74) is 22.6. The van der Waals surface area contributed by atoms with Crippen molar-refractivity contribution in [2.75, 3.05) is 14.7 Å². The predicted octanol–water partition coefficient (Wildman–Crippen LogP) is 19.1. The molecule has 1 aliphatic carbocycles. The number of hydrogen-bond donors (Lipinski definition) is 0. The van der Waals surface area contributed by atoms with Crippen molar-refractivity contribution in [1.82, 2.24) is 0 Å². The highest BCUT2D eigenvalue weighted by molar-refractivity contribution is 7.24. The van der Waals surface area contributed by atoms with Gasteiger partial charge in [0, 0.05) is 26.9 Å². The molecule has 0 amide bonds. The van der Waals surface area contributed by atoms with E-state index in [1.807, 2.05) is 11.3 Å². The molecule has 11 rings (SSSR count). The van der Waals surface area contributed by atoms with Crippen molar-refractivity contribution in [3.05, 3.63) is 173 Å². The highest BCUT2D eigenvalue weighted by Crippen LogP contribution is 2.68. The summed E-state index contributed by atoms with van der Waals surface area (Å²) in [6.07, 6.45) is 0. The Morgan fingerprint density at radius 2 is 0.896 bits per heavy atom. The minimum atomic E-state index is -0.108. The summed E-state index contributed by atoms with van der Waals surface area (Å²) in [6, 6.07) is 54.4. The van der Waals surface area contributed by atoms with Gasteiger partial charge in [-0.05, 0) is 138 Å². The number of hydrogen-bond acceptors (Lipinski definition) is 4. The minimum absolute atomic E-state index is 0.0218. The van der Waals surface area contributed by atoms with Crippen LogP contribution in [0.2, 0.25) is 0 Å². The molecule has 0 N–H and O–H groups in total. The van der Waals surface area contributed by atoms with Crippen molar-refractivity contribution < 1.29 is 0 Å². The SMILES string of the molecule is CC(C)(C)c1ccc(-c2cc3c4c(c2)N(c2ccc(C(C)(C)C)cc2)c2c(sc5cc6c(cc25)-c2ccccc2C6(C)C)N4c2cc(C(C)(C)C)ccc2N3c2ccc(C(C)(C)C)cc2)cc1. The molecule has 8 aromatic rings. The zero-order valence-corrected chi connectivity index (χ0v) is 42.8. The Labute approximate surface area is 403 Å². The molecule has 0 unspecified atom stereocenters. The Morgan fingerprint density at radius 3 is 1.46 bits per heavy atom. The van der Waals surface area contributed by atoms with Crippen molar-refractivity contribution in [2.45, 2.75) is 124 Å². The van der Waals surface area contributed by atoms with E-state index in [1.54, 1.807) is 0 Å². The van der Waals surface area contributed by atoms with Crippen LogP contribution in [0.25, 0.3) is 32.3 Å². The molecule has 3 aliphatic rings. The molecule has 0 spiro atoms. The Balaban J connectivity index is 1.27. The van der Waals surface area contributed by atoms with Crippen LogP contribution in [0.1, 0.15) is 130 Å². The quantitative estimate of drug-likeness (QED) is 0.175. The van der Waals surface area contributed by atoms with E-state index in [2.05, 4.69) is 251 Å². The number of thiophene rings is 1. The fourth-order valence-electron chi connectivity index (χ4n) is 10.8. The van der Waals surface area contributed by atoms with Gasteiger partial charge < -0.3 is 9.80 Å². The summed E-state index contributed by atoms with van der Waals surface area (Å²) in [5, 5.41) is 2.53. The van der Waals surface area contributed by atoms with Gasteiger partial charge in [-0.2, -0.15) is 0 Å². The molecule has 3 heterocycles. The van der Waals surface area contributed by atoms with Gasteiger partial charge in [-0.1, -0.05) is 176 Å². The molecule has 1 aromatic heterocycles. The van der Waals surface area contributed by atoms with Gasteiger partial charge >= 0.3 is 0 Å². The molecule has 0 atom stereocenters. The molecular weight excluding hydrogens is 831 g/mol. The third kappa shape index (κ3) is 6.80. The molecule has 0 saturated carbocycles. The van der Waals surface area contributed by atoms with Gasteiger partial charge in [0.05, 0.1) is 34.1 Å². The van der Waals surface area contributed by atoms with E-state index in [4.69, 9.17) is 0 Å². The summed E-state index contributed by atoms with van der Waals surface area (Å²) in [5.74, 6) is 0. The standard InChI is InChI=1S/C63H65N3S/c1-59(2,3)40-21-19-38(20-22-40)39-33-53-57-54(34-39)65(45-30-25-42(26-31-45)61(7,8)9)56-48-36-47-46-17-15-16-18-49(46)63(13,14)50(47)37-55(48)67-58(56)66(57)52-35-43(62(10,11)12)27-32-51(52)64(53)44-28-23-41(24-29-44)60(4,5)6/h15-37H,1-14H3. The Morgan fingerprint density at radius 1 is 0.388 bits per heavy atom. The van der Waals surface area contributed by atoms with Gasteiger partial charge in [0.1, 0.15) is 5.00 Å². The maximum absolute atomic E-state index is 2.64. The summed E-state index contributed by atoms with van der Waals surface area (Å²) >= 11 is 1.94. The van der Waals surface area contributed by atoms with Crippen molar-refractivity contribution in [3.63, 3.8) is 0 Å². The van der Waals surface area contributed by atoms with Gasteiger partial charge in [-0.3, -0.25) is 4.90 Å². The molecule has 2 aliphatic heterocycles. The first-order valence-electron chi connectivity index (χ1n) is 24.3. The van der Waals surface area contributed by atoms with Crippen LogP contribution in [0.5, 0.6) is 0 Å². The Kier molecular flexibility index (Phi) is 9.38. The van der Waals surface area contributed by atoms with Crippen LogP contribution in [0, 0.1) is 0 Å². The molecule has 67 heavy (non-hydrogen) atoms. The third-order valence-corrected chi connectivity index (χ3v) is 16.1. The van der Waals surface area contributed by atoms with Gasteiger partial charge in [0.2, 0.25) is 0 Å². The van der Waals surface area contributed by atoms with Crippen molar-refractivity contribution in [1.29, 1.82) is 0 Å². The van der Waals surface area contributed by atoms with Crippen molar-refractivity contribution in [2.24, 2.45) is 0 Å². The van der Waals surface area contributed by atoms with Gasteiger partial charge in [0.15, 0.2) is 0 Å². The first-order valence-corrected chi connectivity index (χ1v) is 25.1. The van der Waals surface area contributed by atoms with Gasteiger partial charge in [-0.25, -0.2) is 0 Å². The predicted molar refractivity (Wildman–Crippen MR) is 291 cm³/mol. The summed E-state index contributed by atoms with van der Waals surface area (Å²) in [7, 11) is 0. The fourth-order valence-corrected chi connectivity index (χ4v) is 12.1. The third-order valence-electron chi connectivity index (χ3n) is 14.9. The summed E-state index contributed by atoms with van der Waals surface area (Å²) < 4.78 is 1.31. The highest BCUT2D eigenvalue weighted by Gasteiger charge is 2.44. The van der Waals surface area contributed by atoms with E-state index in [0.29, 0.717) is 0 Å². The van der Waals surface area contributed by atoms with Crippen molar-refractivity contribution in [3.8, 4) is 22.3 Å². The van der Waals surface area contributed by atoms with E-state index >= 15 is 0 Å². The van der Waals surface area contributed by atoms with Crippen molar-refractivity contribution >= 4 is 71.9 Å². The molecule has 0 bridgehead atoms. The minimum Gasteiger partial charge on any atom is -0.306 e. The average Bonchev–Trinajstić information content (AvgIpc) is 3.75. The summed E-state index contributed by atoms with van der Waals surface area (Å²) in [4.78, 5) is 7.80. The second-order valence-corrected chi connectivity index (χ2v) is 25.1. The highest BCUT2D eigenvalue weighted by atomic mass is 32.1. The lowest BCUT2D eigenvalue weighted by molar-refractivity contribution is 0.590. The number of fused-ring (bicyclic) bond motifs is 9. The maximum Gasteiger partial charge on any atom is 0.126 e. The molecule has 4 heteroatoms. The average molecular weight is 896 g/mol. The molecule has 0 fully saturated rings. The lowest BCUT2D eigenvalue weighted by Gasteiger charge is -2.46. The van der Waals surface area contributed by atoms with Crippen LogP contribution in [0.15, 0.2) is 140 Å². The van der Waals surface area contributed by atoms with Gasteiger partial charge in [0.25, 0.3) is 0 Å². The lowest BCUT2D eigenvalue weighted by Crippen LogP contribution is -2.30. The van der Waals surface area contributed by atoms with E-state index in [9.17, 15) is 0 Å². The second-order valence-electron chi connectivity index (χ2n) is 24.1. The van der Waals surface area contributed by atoms with E-state index < -0.39 is 0 Å². The molecule has 0 saturated heterocycles. The molecule has 0 radical (unpaired) electrons. The van der Waals surface area contributed by atoms with Crippen LogP contribution < -0.4 is 14.7 Å². The zero-order valence-electron chi connectivity index (χ0n) is 42.0. The molecule has 338 valence electrons. The van der Waals surface area contributed by atoms with Crippen LogP contribution in [0.3, 0.4) is 0 Å². The summed E-state index contributed by atoms with van der Waals surface area (Å²) in [6.45, 7) is 32.5. The van der Waals surface area contributed by atoms with Crippen LogP contribution in [0.4, 0.5) is 50.5 Å². The van der Waals surface area contributed by atoms with E-state index in [0.717, 1.165) is 11.4 Å². The van der Waals surface area contributed by atoms with Crippen LogP contribution in [-0.4, -0.2) is 0 Å². The Hall–Kier alpha value is -6.10. The topological polar surface area (TPSA) is 9.72 Å². The Bertz CT molecular complexity index is 3280. The largest absolute Gasteiger partial charge is 0.306 e. The number of rotatable bonds is 3. The van der Waals surface area contributed by atoms with Crippen LogP contribution in [-0.2, 0) is 27.1 Å². The molecular formula is C63H65N3S. The van der Waals surface area contributed by atoms with E-state index in [-0.39, 0.29) is 27.1 Å². The lowest BCUT2D eigenvalue weighted by atomic mass is 9.82.